The zero-order chi connectivity index (χ0) is 29.0. The number of carbonyl (C=O) groups is 6. The van der Waals surface area contributed by atoms with Crippen molar-refractivity contribution in [2.45, 2.75) is 70.1 Å². The molecule has 5 atom stereocenters. The maximum Gasteiger partial charge on any atom is 0.326 e. The number of carboxylic acid groups (broad SMARTS) is 2. The molecule has 0 fully saturated rings. The first-order chi connectivity index (χ1) is 17.7. The maximum atomic E-state index is 13.1. The van der Waals surface area contributed by atoms with Crippen LogP contribution in [0.1, 0.15) is 45.1 Å². The van der Waals surface area contributed by atoms with E-state index in [1.807, 2.05) is 0 Å². The largest absolute Gasteiger partial charge is 0.508 e. The van der Waals surface area contributed by atoms with Crippen LogP contribution in [-0.4, -0.2) is 75.1 Å². The van der Waals surface area contributed by atoms with Gasteiger partial charge in [-0.15, -0.1) is 0 Å². The van der Waals surface area contributed by atoms with Crippen molar-refractivity contribution in [3.8, 4) is 5.75 Å². The summed E-state index contributed by atoms with van der Waals surface area (Å²) < 4.78 is 0. The second-order valence-corrected chi connectivity index (χ2v) is 8.91. The van der Waals surface area contributed by atoms with Gasteiger partial charge in [0.1, 0.15) is 23.9 Å². The van der Waals surface area contributed by atoms with E-state index in [0.717, 1.165) is 0 Å². The Morgan fingerprint density at radius 1 is 0.895 bits per heavy atom. The van der Waals surface area contributed by atoms with Crippen LogP contribution in [0.2, 0.25) is 0 Å². The number of carboxylic acids is 2. The smallest absolute Gasteiger partial charge is 0.326 e. The molecule has 1 aromatic carbocycles. The van der Waals surface area contributed by atoms with Gasteiger partial charge in [0, 0.05) is 12.8 Å². The third-order valence-corrected chi connectivity index (χ3v) is 5.83. The molecular formula is C24H35N5O9. The number of hydrogen-bond donors (Lipinski definition) is 8. The number of nitrogens with two attached hydrogens (primary N) is 2. The molecule has 1 aromatic rings. The quantitative estimate of drug-likeness (QED) is 0.122. The van der Waals surface area contributed by atoms with Gasteiger partial charge in [-0.05, 0) is 30.0 Å². The Hall–Kier alpha value is -4.20. The van der Waals surface area contributed by atoms with Gasteiger partial charge in [0.15, 0.2) is 0 Å². The molecule has 38 heavy (non-hydrogen) atoms. The topological polar surface area (TPSA) is 251 Å². The van der Waals surface area contributed by atoms with E-state index in [1.54, 1.807) is 13.8 Å². The lowest BCUT2D eigenvalue weighted by atomic mass is 9.97. The van der Waals surface area contributed by atoms with E-state index in [1.165, 1.54) is 24.3 Å². The third-order valence-electron chi connectivity index (χ3n) is 5.83. The molecule has 0 saturated heterocycles. The summed E-state index contributed by atoms with van der Waals surface area (Å²) in [6, 6.07) is 0.129. The number of amides is 4. The molecule has 14 nitrogen and oxygen atoms in total. The summed E-state index contributed by atoms with van der Waals surface area (Å²) in [4.78, 5) is 72.5. The van der Waals surface area contributed by atoms with E-state index in [0.29, 0.717) is 12.0 Å². The van der Waals surface area contributed by atoms with Gasteiger partial charge < -0.3 is 42.7 Å². The summed E-state index contributed by atoms with van der Waals surface area (Å²) in [5.74, 6) is -6.67. The van der Waals surface area contributed by atoms with Gasteiger partial charge in [-0.25, -0.2) is 4.79 Å². The number of aliphatic carboxylic acids is 2. The first-order valence-electron chi connectivity index (χ1n) is 11.9. The van der Waals surface area contributed by atoms with Crippen LogP contribution in [-0.2, 0) is 35.2 Å². The van der Waals surface area contributed by atoms with Crippen LogP contribution < -0.4 is 27.4 Å². The van der Waals surface area contributed by atoms with E-state index in [2.05, 4.69) is 16.0 Å². The summed E-state index contributed by atoms with van der Waals surface area (Å²) >= 11 is 0. The molecule has 0 spiro atoms. The Labute approximate surface area is 219 Å². The number of primary amides is 1. The fourth-order valence-electron chi connectivity index (χ4n) is 3.38. The number of carbonyl (C=O) groups excluding carboxylic acids is 4. The summed E-state index contributed by atoms with van der Waals surface area (Å²) in [6.07, 6.45) is -0.827. The molecular weight excluding hydrogens is 502 g/mol. The van der Waals surface area contributed by atoms with E-state index >= 15 is 0 Å². The summed E-state index contributed by atoms with van der Waals surface area (Å²) in [5.41, 5.74) is 11.3. The number of hydrogen-bond acceptors (Lipinski definition) is 8. The molecule has 0 aliphatic rings. The van der Waals surface area contributed by atoms with E-state index in [9.17, 15) is 44.1 Å². The maximum absolute atomic E-state index is 13.1. The normalized spacial score (nSPS) is 14.7. The minimum atomic E-state index is -1.66. The van der Waals surface area contributed by atoms with Crippen LogP contribution in [0.3, 0.4) is 0 Å². The van der Waals surface area contributed by atoms with E-state index in [-0.39, 0.29) is 25.0 Å². The number of benzene rings is 1. The molecule has 4 amide bonds. The van der Waals surface area contributed by atoms with Crippen LogP contribution in [0, 0.1) is 5.92 Å². The van der Waals surface area contributed by atoms with Crippen molar-refractivity contribution in [2.24, 2.45) is 17.4 Å². The van der Waals surface area contributed by atoms with Gasteiger partial charge in [0.2, 0.25) is 23.6 Å². The minimum absolute atomic E-state index is 0.0364. The van der Waals surface area contributed by atoms with Crippen molar-refractivity contribution in [1.82, 2.24) is 16.0 Å². The molecule has 10 N–H and O–H groups in total. The highest BCUT2D eigenvalue weighted by atomic mass is 16.4. The number of nitrogens with one attached hydrogen (secondary N) is 3. The summed E-state index contributed by atoms with van der Waals surface area (Å²) in [5, 5.41) is 35.2. The van der Waals surface area contributed by atoms with Gasteiger partial charge >= 0.3 is 11.9 Å². The number of phenols is 1. The predicted octanol–water partition coefficient (Wildman–Crippen LogP) is -1.41. The zero-order valence-electron chi connectivity index (χ0n) is 21.2. The van der Waals surface area contributed by atoms with Gasteiger partial charge in [0.05, 0.1) is 12.5 Å². The van der Waals surface area contributed by atoms with Crippen LogP contribution in [0.25, 0.3) is 0 Å². The lowest BCUT2D eigenvalue weighted by molar-refractivity contribution is -0.143. The van der Waals surface area contributed by atoms with Crippen molar-refractivity contribution < 1.29 is 44.1 Å². The lowest BCUT2D eigenvalue weighted by Gasteiger charge is -2.27. The fraction of sp³-hybridized carbons (Fsp3) is 0.500. The Kier molecular flexibility index (Phi) is 12.7. The van der Waals surface area contributed by atoms with Crippen LogP contribution in [0.5, 0.6) is 5.75 Å². The van der Waals surface area contributed by atoms with Crippen LogP contribution >= 0.6 is 0 Å². The molecule has 0 aliphatic heterocycles. The number of rotatable bonds is 16. The highest BCUT2D eigenvalue weighted by molar-refractivity contribution is 5.95. The van der Waals surface area contributed by atoms with Crippen molar-refractivity contribution in [1.29, 1.82) is 0 Å². The highest BCUT2D eigenvalue weighted by Crippen LogP contribution is 2.13. The van der Waals surface area contributed by atoms with Crippen molar-refractivity contribution in [3.05, 3.63) is 29.8 Å². The van der Waals surface area contributed by atoms with Gasteiger partial charge in [-0.2, -0.15) is 0 Å². The minimum Gasteiger partial charge on any atom is -0.508 e. The van der Waals surface area contributed by atoms with Gasteiger partial charge in [-0.1, -0.05) is 32.4 Å². The second kappa shape index (κ2) is 15.1. The van der Waals surface area contributed by atoms with Crippen molar-refractivity contribution in [3.63, 3.8) is 0 Å². The van der Waals surface area contributed by atoms with Gasteiger partial charge in [-0.3, -0.25) is 24.0 Å². The lowest BCUT2D eigenvalue weighted by Crippen LogP contribution is -2.59. The fourth-order valence-corrected chi connectivity index (χ4v) is 3.38. The molecule has 0 aromatic heterocycles. The Morgan fingerprint density at radius 3 is 1.97 bits per heavy atom. The third kappa shape index (κ3) is 10.8. The second-order valence-electron chi connectivity index (χ2n) is 8.91. The average molecular weight is 538 g/mol. The Bertz CT molecular complexity index is 1020. The molecule has 0 bridgehead atoms. The van der Waals surface area contributed by atoms with Gasteiger partial charge in [0.25, 0.3) is 0 Å². The van der Waals surface area contributed by atoms with Crippen LogP contribution in [0.4, 0.5) is 0 Å². The van der Waals surface area contributed by atoms with Crippen LogP contribution in [0.15, 0.2) is 24.3 Å². The van der Waals surface area contributed by atoms with Crippen molar-refractivity contribution in [2.75, 3.05) is 0 Å². The number of aromatic hydroxyl groups is 1. The first kappa shape index (κ1) is 31.8. The predicted molar refractivity (Wildman–Crippen MR) is 133 cm³/mol. The molecule has 1 rings (SSSR count). The highest BCUT2D eigenvalue weighted by Gasteiger charge is 2.33. The average Bonchev–Trinajstić information content (AvgIpc) is 2.84. The zero-order valence-corrected chi connectivity index (χ0v) is 21.2. The Balaban J connectivity index is 3.03. The molecule has 210 valence electrons. The standard InChI is InChI=1S/C24H35N5O9/c1-3-12(2)20(29-21(34)15(25)8-9-18(26)31)23(36)27-16(11-19(32)33)22(35)28-17(24(37)38)10-13-4-6-14(30)7-5-13/h4-7,12,15-17,20,30H,3,8-11,25H2,1-2H3,(H2,26,31)(H,27,36)(H,28,35)(H,29,34)(H,32,33)(H,37,38). The Morgan fingerprint density at radius 2 is 1.47 bits per heavy atom. The molecule has 0 aliphatic carbocycles. The molecule has 5 unspecified atom stereocenters. The van der Waals surface area contributed by atoms with E-state index < -0.39 is 72.1 Å². The molecule has 0 saturated carbocycles. The number of phenolic OH excluding ortho intramolecular Hbond substituents is 1. The first-order valence-corrected chi connectivity index (χ1v) is 11.9. The SMILES string of the molecule is CCC(C)C(NC(=O)C(N)CCC(N)=O)C(=O)NC(CC(=O)O)C(=O)NC(Cc1ccc(O)cc1)C(=O)O. The molecule has 0 radical (unpaired) electrons. The molecule has 14 heteroatoms. The molecule has 0 heterocycles. The summed E-state index contributed by atoms with van der Waals surface area (Å²) in [7, 11) is 0. The monoisotopic (exact) mass is 537 g/mol. The van der Waals surface area contributed by atoms with E-state index in [4.69, 9.17) is 11.5 Å². The van der Waals surface area contributed by atoms with Crippen molar-refractivity contribution >= 4 is 35.6 Å². The summed E-state index contributed by atoms with van der Waals surface area (Å²) in [6.45, 7) is 3.39.